The minimum absolute atomic E-state index is 0.0317. The lowest BCUT2D eigenvalue weighted by molar-refractivity contribution is -0.136. The Bertz CT molecular complexity index is 545. The van der Waals surface area contributed by atoms with Crippen LogP contribution in [0.3, 0.4) is 0 Å². The molecule has 0 aliphatic carbocycles. The van der Waals surface area contributed by atoms with E-state index in [1.54, 1.807) is 7.11 Å². The lowest BCUT2D eigenvalue weighted by Crippen LogP contribution is -2.43. The van der Waals surface area contributed by atoms with Crippen molar-refractivity contribution in [2.75, 3.05) is 25.5 Å². The first-order chi connectivity index (χ1) is 11.1. The molecule has 1 saturated heterocycles. The van der Waals surface area contributed by atoms with Gasteiger partial charge in [-0.1, -0.05) is 19.1 Å². The highest BCUT2D eigenvalue weighted by molar-refractivity contribution is 5.93. The zero-order chi connectivity index (χ0) is 16.7. The summed E-state index contributed by atoms with van der Waals surface area (Å²) in [7, 11) is 1.68. The minimum Gasteiger partial charge on any atom is -0.380 e. The van der Waals surface area contributed by atoms with Crippen LogP contribution < -0.4 is 5.32 Å². The normalized spacial score (nSPS) is 17.8. The van der Waals surface area contributed by atoms with Crippen molar-refractivity contribution in [2.24, 2.45) is 0 Å². The Morgan fingerprint density at radius 1 is 1.35 bits per heavy atom. The van der Waals surface area contributed by atoms with Gasteiger partial charge in [-0.25, -0.2) is 0 Å². The number of methoxy groups -OCH3 is 1. The van der Waals surface area contributed by atoms with Gasteiger partial charge < -0.3 is 15.0 Å². The van der Waals surface area contributed by atoms with Crippen molar-refractivity contribution in [1.82, 2.24) is 4.90 Å². The molecule has 1 aromatic carbocycles. The number of nitrogens with zero attached hydrogens (tertiary/aromatic N) is 1. The third-order valence-corrected chi connectivity index (χ3v) is 4.25. The standard InChI is InChI=1S/C18H26N2O3/c1-3-14-6-4-7-15(12-14)19-17(21)9-10-18(22)20-11-5-8-16(13-20)23-2/h4,6-7,12,16H,3,5,8-11,13H2,1-2H3,(H,19,21). The average Bonchev–Trinajstić information content (AvgIpc) is 2.59. The molecule has 0 aromatic heterocycles. The number of hydrogen-bond acceptors (Lipinski definition) is 3. The molecule has 5 heteroatoms. The molecule has 1 heterocycles. The summed E-state index contributed by atoms with van der Waals surface area (Å²) in [6.07, 6.45) is 3.46. The van der Waals surface area contributed by atoms with E-state index in [9.17, 15) is 9.59 Å². The van der Waals surface area contributed by atoms with Crippen LogP contribution >= 0.6 is 0 Å². The first-order valence-corrected chi connectivity index (χ1v) is 8.31. The number of carbonyl (C=O) groups is 2. The molecular weight excluding hydrogens is 292 g/mol. The largest absolute Gasteiger partial charge is 0.380 e. The Morgan fingerprint density at radius 3 is 2.91 bits per heavy atom. The highest BCUT2D eigenvalue weighted by atomic mass is 16.5. The third-order valence-electron chi connectivity index (χ3n) is 4.25. The fourth-order valence-corrected chi connectivity index (χ4v) is 2.83. The van der Waals surface area contributed by atoms with Crippen LogP contribution in [0.5, 0.6) is 0 Å². The van der Waals surface area contributed by atoms with Crippen molar-refractivity contribution in [3.63, 3.8) is 0 Å². The van der Waals surface area contributed by atoms with Crippen LogP contribution in [0.1, 0.15) is 38.2 Å². The number of piperidine rings is 1. The van der Waals surface area contributed by atoms with Gasteiger partial charge in [-0.3, -0.25) is 9.59 Å². The molecule has 5 nitrogen and oxygen atoms in total. The topological polar surface area (TPSA) is 58.6 Å². The maximum Gasteiger partial charge on any atom is 0.224 e. The monoisotopic (exact) mass is 318 g/mol. The van der Waals surface area contributed by atoms with Gasteiger partial charge in [0.15, 0.2) is 0 Å². The van der Waals surface area contributed by atoms with Crippen molar-refractivity contribution in [2.45, 2.75) is 45.1 Å². The van der Waals surface area contributed by atoms with E-state index in [0.717, 1.165) is 31.5 Å². The van der Waals surface area contributed by atoms with E-state index in [1.807, 2.05) is 29.2 Å². The predicted molar refractivity (Wildman–Crippen MR) is 90.3 cm³/mol. The number of rotatable bonds is 6. The molecule has 1 unspecified atom stereocenters. The molecule has 0 radical (unpaired) electrons. The lowest BCUT2D eigenvalue weighted by Gasteiger charge is -2.32. The van der Waals surface area contributed by atoms with Crippen molar-refractivity contribution < 1.29 is 14.3 Å². The quantitative estimate of drug-likeness (QED) is 0.877. The highest BCUT2D eigenvalue weighted by Crippen LogP contribution is 2.15. The number of ether oxygens (including phenoxy) is 1. The molecule has 23 heavy (non-hydrogen) atoms. The number of amides is 2. The number of benzene rings is 1. The Hall–Kier alpha value is -1.88. The fourth-order valence-electron chi connectivity index (χ4n) is 2.83. The highest BCUT2D eigenvalue weighted by Gasteiger charge is 2.23. The van der Waals surface area contributed by atoms with Crippen LogP contribution in [0.15, 0.2) is 24.3 Å². The number of likely N-dealkylation sites (tertiary alicyclic amines) is 1. The van der Waals surface area contributed by atoms with Crippen molar-refractivity contribution in [3.8, 4) is 0 Å². The summed E-state index contributed by atoms with van der Waals surface area (Å²) >= 11 is 0. The smallest absolute Gasteiger partial charge is 0.224 e. The second-order valence-electron chi connectivity index (χ2n) is 5.94. The van der Waals surface area contributed by atoms with Crippen LogP contribution in [0, 0.1) is 0 Å². The first kappa shape index (κ1) is 17.5. The molecule has 2 amide bonds. The van der Waals surface area contributed by atoms with E-state index in [0.29, 0.717) is 6.54 Å². The Morgan fingerprint density at radius 2 is 2.17 bits per heavy atom. The van der Waals surface area contributed by atoms with Gasteiger partial charge in [0.25, 0.3) is 0 Å². The Kier molecular flexibility index (Phi) is 6.59. The number of hydrogen-bond donors (Lipinski definition) is 1. The van der Waals surface area contributed by atoms with Crippen LogP contribution in [0.4, 0.5) is 5.69 Å². The van der Waals surface area contributed by atoms with Crippen molar-refractivity contribution in [3.05, 3.63) is 29.8 Å². The van der Waals surface area contributed by atoms with E-state index in [-0.39, 0.29) is 30.8 Å². The molecular formula is C18H26N2O3. The molecule has 1 aliphatic heterocycles. The summed E-state index contributed by atoms with van der Waals surface area (Å²) in [6.45, 7) is 3.47. The van der Waals surface area contributed by atoms with Gasteiger partial charge in [0, 0.05) is 38.7 Å². The van der Waals surface area contributed by atoms with Gasteiger partial charge >= 0.3 is 0 Å². The molecule has 126 valence electrons. The average molecular weight is 318 g/mol. The van der Waals surface area contributed by atoms with Gasteiger partial charge in [-0.15, -0.1) is 0 Å². The summed E-state index contributed by atoms with van der Waals surface area (Å²) in [5.74, 6) is -0.0869. The molecule has 1 N–H and O–H groups in total. The Labute approximate surface area is 138 Å². The number of aryl methyl sites for hydroxylation is 1. The molecule has 0 spiro atoms. The summed E-state index contributed by atoms with van der Waals surface area (Å²) in [4.78, 5) is 26.0. The first-order valence-electron chi connectivity index (χ1n) is 8.31. The Balaban J connectivity index is 1.78. The molecule has 1 atom stereocenters. The molecule has 1 aliphatic rings. The minimum atomic E-state index is -0.119. The lowest BCUT2D eigenvalue weighted by atomic mass is 10.1. The molecule has 0 saturated carbocycles. The van der Waals surface area contributed by atoms with Gasteiger partial charge in [-0.05, 0) is 37.0 Å². The fraction of sp³-hybridized carbons (Fsp3) is 0.556. The summed E-state index contributed by atoms with van der Waals surface area (Å²) in [5.41, 5.74) is 1.97. The van der Waals surface area contributed by atoms with E-state index in [2.05, 4.69) is 12.2 Å². The van der Waals surface area contributed by atoms with Crippen molar-refractivity contribution in [1.29, 1.82) is 0 Å². The zero-order valence-corrected chi connectivity index (χ0v) is 14.0. The third kappa shape index (κ3) is 5.36. The van der Waals surface area contributed by atoms with Crippen LogP contribution in [-0.4, -0.2) is 43.0 Å². The van der Waals surface area contributed by atoms with Gasteiger partial charge in [0.1, 0.15) is 0 Å². The van der Waals surface area contributed by atoms with Crippen LogP contribution in [0.2, 0.25) is 0 Å². The maximum absolute atomic E-state index is 12.2. The van der Waals surface area contributed by atoms with E-state index >= 15 is 0 Å². The second kappa shape index (κ2) is 8.67. The second-order valence-corrected chi connectivity index (χ2v) is 5.94. The predicted octanol–water partition coefficient (Wildman–Crippen LogP) is 2.61. The van der Waals surface area contributed by atoms with Gasteiger partial charge in [0.05, 0.1) is 6.10 Å². The van der Waals surface area contributed by atoms with E-state index < -0.39 is 0 Å². The van der Waals surface area contributed by atoms with E-state index in [4.69, 9.17) is 4.74 Å². The number of nitrogens with one attached hydrogen (secondary N) is 1. The van der Waals surface area contributed by atoms with Gasteiger partial charge in [-0.2, -0.15) is 0 Å². The molecule has 0 bridgehead atoms. The SMILES string of the molecule is CCc1cccc(NC(=O)CCC(=O)N2CCCC(OC)C2)c1. The maximum atomic E-state index is 12.2. The summed E-state index contributed by atoms with van der Waals surface area (Å²) in [6, 6.07) is 7.79. The molecule has 1 fully saturated rings. The van der Waals surface area contributed by atoms with Gasteiger partial charge in [0.2, 0.25) is 11.8 Å². The van der Waals surface area contributed by atoms with Crippen LogP contribution in [-0.2, 0) is 20.7 Å². The molecule has 1 aromatic rings. The van der Waals surface area contributed by atoms with Crippen LogP contribution in [0.25, 0.3) is 0 Å². The van der Waals surface area contributed by atoms with Crippen molar-refractivity contribution >= 4 is 17.5 Å². The summed E-state index contributed by atoms with van der Waals surface area (Å²) in [5, 5.41) is 2.86. The number of anilines is 1. The van der Waals surface area contributed by atoms with E-state index in [1.165, 1.54) is 5.56 Å². The zero-order valence-electron chi connectivity index (χ0n) is 14.0. The summed E-state index contributed by atoms with van der Waals surface area (Å²) < 4.78 is 5.32. The molecule has 2 rings (SSSR count). The number of carbonyl (C=O) groups excluding carboxylic acids is 2.